The van der Waals surface area contributed by atoms with Crippen molar-refractivity contribution in [3.05, 3.63) is 0 Å². The first-order chi connectivity index (χ1) is 8.65. The first-order valence-electron chi connectivity index (χ1n) is 6.79. The summed E-state index contributed by atoms with van der Waals surface area (Å²) in [5.41, 5.74) is 0. The molecule has 2 saturated carbocycles. The van der Waals surface area contributed by atoms with Crippen molar-refractivity contribution in [3.63, 3.8) is 0 Å². The highest BCUT2D eigenvalue weighted by atomic mass is 16.5. The Morgan fingerprint density at radius 2 is 1.89 bits per heavy atom. The molecule has 1 unspecified atom stereocenters. The van der Waals surface area contributed by atoms with Gasteiger partial charge in [0.1, 0.15) is 12.6 Å². The van der Waals surface area contributed by atoms with Gasteiger partial charge in [0.25, 0.3) is 0 Å². The maximum atomic E-state index is 11.6. The summed E-state index contributed by atoms with van der Waals surface area (Å²) in [6.07, 6.45) is 7.23. The van der Waals surface area contributed by atoms with Crippen LogP contribution in [0, 0.1) is 5.92 Å². The molecule has 0 aromatic heterocycles. The van der Waals surface area contributed by atoms with E-state index in [1.807, 2.05) is 0 Å². The largest absolute Gasteiger partial charge is 0.480 e. The van der Waals surface area contributed by atoms with Crippen molar-refractivity contribution in [2.45, 2.75) is 57.1 Å². The Kier molecular flexibility index (Phi) is 4.58. The summed E-state index contributed by atoms with van der Waals surface area (Å²) in [5, 5.41) is 11.6. The first-order valence-corrected chi connectivity index (χ1v) is 6.79. The molecule has 2 N–H and O–H groups in total. The Morgan fingerprint density at radius 1 is 1.22 bits per heavy atom. The molecule has 2 aliphatic carbocycles. The monoisotopic (exact) mass is 255 g/mol. The standard InChI is InChI=1S/C13H21NO4/c15-12(8-18-10-3-1-2-4-10)14-11(13(16)17)7-9-5-6-9/h9-11H,1-8H2,(H,14,15)(H,16,17). The fraction of sp³-hybridized carbons (Fsp3) is 0.846. The number of hydrogen-bond acceptors (Lipinski definition) is 3. The molecule has 5 heteroatoms. The second kappa shape index (κ2) is 6.18. The number of hydrogen-bond donors (Lipinski definition) is 2. The van der Waals surface area contributed by atoms with Crippen molar-refractivity contribution in [1.29, 1.82) is 0 Å². The molecule has 1 amide bonds. The molecular weight excluding hydrogens is 234 g/mol. The fourth-order valence-electron chi connectivity index (χ4n) is 2.39. The van der Waals surface area contributed by atoms with Crippen LogP contribution in [-0.4, -0.2) is 35.7 Å². The van der Waals surface area contributed by atoms with Gasteiger partial charge in [-0.15, -0.1) is 0 Å². The summed E-state index contributed by atoms with van der Waals surface area (Å²) in [5.74, 6) is -0.784. The molecule has 18 heavy (non-hydrogen) atoms. The maximum absolute atomic E-state index is 11.6. The van der Waals surface area contributed by atoms with E-state index < -0.39 is 12.0 Å². The van der Waals surface area contributed by atoms with Gasteiger partial charge >= 0.3 is 5.97 Å². The Morgan fingerprint density at radius 3 is 2.44 bits per heavy atom. The predicted molar refractivity (Wildman–Crippen MR) is 65.1 cm³/mol. The van der Waals surface area contributed by atoms with Crippen molar-refractivity contribution in [2.24, 2.45) is 5.92 Å². The molecule has 0 bridgehead atoms. The number of aliphatic carboxylic acids is 1. The number of amides is 1. The minimum Gasteiger partial charge on any atom is -0.480 e. The highest BCUT2D eigenvalue weighted by Crippen LogP contribution is 2.33. The number of ether oxygens (including phenoxy) is 1. The lowest BCUT2D eigenvalue weighted by Gasteiger charge is -2.15. The van der Waals surface area contributed by atoms with Crippen LogP contribution >= 0.6 is 0 Å². The normalized spacial score (nSPS) is 21.8. The molecule has 2 aliphatic rings. The van der Waals surface area contributed by atoms with Gasteiger partial charge in [0.15, 0.2) is 0 Å². The van der Waals surface area contributed by atoms with E-state index in [1.54, 1.807) is 0 Å². The van der Waals surface area contributed by atoms with Crippen LogP contribution < -0.4 is 5.32 Å². The number of carbonyl (C=O) groups is 2. The number of rotatable bonds is 7. The van der Waals surface area contributed by atoms with Crippen LogP contribution in [0.1, 0.15) is 44.9 Å². The molecule has 0 heterocycles. The zero-order valence-electron chi connectivity index (χ0n) is 10.6. The third-order valence-corrected chi connectivity index (χ3v) is 3.65. The summed E-state index contributed by atoms with van der Waals surface area (Å²) < 4.78 is 5.46. The highest BCUT2D eigenvalue weighted by molar-refractivity contribution is 5.84. The van der Waals surface area contributed by atoms with E-state index in [1.165, 1.54) is 0 Å². The topological polar surface area (TPSA) is 75.6 Å². The number of nitrogens with one attached hydrogen (secondary N) is 1. The average Bonchev–Trinajstić information content (AvgIpc) is 2.99. The van der Waals surface area contributed by atoms with Crippen molar-refractivity contribution in [2.75, 3.05) is 6.61 Å². The van der Waals surface area contributed by atoms with Crippen molar-refractivity contribution < 1.29 is 19.4 Å². The van der Waals surface area contributed by atoms with E-state index in [2.05, 4.69) is 5.32 Å². The number of carboxylic acid groups (broad SMARTS) is 1. The lowest BCUT2D eigenvalue weighted by atomic mass is 10.1. The second-order valence-electron chi connectivity index (χ2n) is 5.35. The van der Waals surface area contributed by atoms with Crippen LogP contribution in [0.15, 0.2) is 0 Å². The van der Waals surface area contributed by atoms with Crippen molar-refractivity contribution >= 4 is 11.9 Å². The summed E-state index contributed by atoms with van der Waals surface area (Å²) in [4.78, 5) is 22.6. The van der Waals surface area contributed by atoms with Gasteiger partial charge in [-0.1, -0.05) is 25.7 Å². The van der Waals surface area contributed by atoms with Crippen molar-refractivity contribution in [3.8, 4) is 0 Å². The van der Waals surface area contributed by atoms with E-state index in [0.29, 0.717) is 12.3 Å². The Bertz CT molecular complexity index is 308. The van der Waals surface area contributed by atoms with E-state index >= 15 is 0 Å². The number of carboxylic acids is 1. The minimum atomic E-state index is -0.948. The van der Waals surface area contributed by atoms with Gasteiger partial charge in [0, 0.05) is 0 Å². The SMILES string of the molecule is O=C(COC1CCCC1)NC(CC1CC1)C(=O)O. The van der Waals surface area contributed by atoms with Crippen LogP contribution in [0.3, 0.4) is 0 Å². The van der Waals surface area contributed by atoms with Crippen LogP contribution in [0.5, 0.6) is 0 Å². The van der Waals surface area contributed by atoms with E-state index in [-0.39, 0.29) is 18.6 Å². The van der Waals surface area contributed by atoms with Crippen LogP contribution in [0.2, 0.25) is 0 Å². The summed E-state index contributed by atoms with van der Waals surface area (Å²) in [6.45, 7) is -0.0148. The third-order valence-electron chi connectivity index (χ3n) is 3.65. The molecule has 0 aliphatic heterocycles. The average molecular weight is 255 g/mol. The predicted octanol–water partition coefficient (Wildman–Crippen LogP) is 1.32. The molecule has 0 aromatic carbocycles. The van der Waals surface area contributed by atoms with Gasteiger partial charge in [-0.3, -0.25) is 4.79 Å². The Labute approximate surface area is 107 Å². The molecule has 0 aromatic rings. The summed E-state index contributed by atoms with van der Waals surface area (Å²) in [7, 11) is 0. The lowest BCUT2D eigenvalue weighted by molar-refractivity contribution is -0.143. The quantitative estimate of drug-likeness (QED) is 0.719. The number of carbonyl (C=O) groups excluding carboxylic acids is 1. The van der Waals surface area contributed by atoms with Gasteiger partial charge < -0.3 is 15.2 Å². The van der Waals surface area contributed by atoms with E-state index in [4.69, 9.17) is 9.84 Å². The molecule has 5 nitrogen and oxygen atoms in total. The molecule has 2 rings (SSSR count). The van der Waals surface area contributed by atoms with Gasteiger partial charge in [-0.05, 0) is 25.2 Å². The van der Waals surface area contributed by atoms with Crippen LogP contribution in [0.4, 0.5) is 0 Å². The van der Waals surface area contributed by atoms with Crippen LogP contribution in [0.25, 0.3) is 0 Å². The maximum Gasteiger partial charge on any atom is 0.326 e. The fourth-order valence-corrected chi connectivity index (χ4v) is 2.39. The van der Waals surface area contributed by atoms with Crippen LogP contribution in [-0.2, 0) is 14.3 Å². The molecule has 2 fully saturated rings. The highest BCUT2D eigenvalue weighted by Gasteiger charge is 2.30. The molecule has 0 radical (unpaired) electrons. The molecular formula is C13H21NO4. The van der Waals surface area contributed by atoms with E-state index in [9.17, 15) is 9.59 Å². The third kappa shape index (κ3) is 4.29. The van der Waals surface area contributed by atoms with Gasteiger partial charge in [-0.25, -0.2) is 4.79 Å². The van der Waals surface area contributed by atoms with Gasteiger partial charge in [0.2, 0.25) is 5.91 Å². The molecule has 102 valence electrons. The van der Waals surface area contributed by atoms with E-state index in [0.717, 1.165) is 38.5 Å². The first kappa shape index (κ1) is 13.3. The summed E-state index contributed by atoms with van der Waals surface area (Å²) in [6, 6.07) is -0.753. The molecule has 1 atom stereocenters. The Hall–Kier alpha value is -1.10. The second-order valence-corrected chi connectivity index (χ2v) is 5.35. The minimum absolute atomic E-state index is 0.0148. The lowest BCUT2D eigenvalue weighted by Crippen LogP contribution is -2.43. The van der Waals surface area contributed by atoms with Gasteiger partial charge in [0.05, 0.1) is 6.10 Å². The smallest absolute Gasteiger partial charge is 0.326 e. The zero-order valence-corrected chi connectivity index (χ0v) is 10.6. The van der Waals surface area contributed by atoms with Gasteiger partial charge in [-0.2, -0.15) is 0 Å². The molecule has 0 spiro atoms. The summed E-state index contributed by atoms with van der Waals surface area (Å²) >= 11 is 0. The zero-order chi connectivity index (χ0) is 13.0. The Balaban J connectivity index is 1.68. The van der Waals surface area contributed by atoms with Crippen molar-refractivity contribution in [1.82, 2.24) is 5.32 Å². The molecule has 0 saturated heterocycles.